The van der Waals surface area contributed by atoms with Gasteiger partial charge >= 0.3 is 0 Å². The first kappa shape index (κ1) is 15.6. The fourth-order valence-electron chi connectivity index (χ4n) is 2.97. The first-order chi connectivity index (χ1) is 10.1. The van der Waals surface area contributed by atoms with Crippen molar-refractivity contribution in [3.63, 3.8) is 0 Å². The monoisotopic (exact) mass is 290 g/mol. The van der Waals surface area contributed by atoms with Crippen LogP contribution in [-0.4, -0.2) is 34.7 Å². The molecular weight excluding hydrogens is 268 g/mol. The van der Waals surface area contributed by atoms with Gasteiger partial charge in [-0.1, -0.05) is 18.6 Å². The van der Waals surface area contributed by atoms with E-state index in [4.69, 9.17) is 0 Å². The molecule has 0 spiro atoms. The molecule has 1 aromatic rings. The molecule has 0 amide bonds. The van der Waals surface area contributed by atoms with E-state index in [1.807, 2.05) is 12.1 Å². The molecule has 0 saturated carbocycles. The summed E-state index contributed by atoms with van der Waals surface area (Å²) < 4.78 is 0. The van der Waals surface area contributed by atoms with E-state index >= 15 is 0 Å². The van der Waals surface area contributed by atoms with Gasteiger partial charge in [0.25, 0.3) is 5.69 Å². The Morgan fingerprint density at radius 3 is 2.67 bits per heavy atom. The SMILES string of the molecule is CC(=O)CC1CCCCN1CCc1ccc([N+](=O)[O-])cc1. The van der Waals surface area contributed by atoms with Gasteiger partial charge in [0.15, 0.2) is 0 Å². The molecule has 1 heterocycles. The molecule has 1 atom stereocenters. The van der Waals surface area contributed by atoms with Gasteiger partial charge in [-0.05, 0) is 38.3 Å². The predicted molar refractivity (Wildman–Crippen MR) is 81.3 cm³/mol. The first-order valence-corrected chi connectivity index (χ1v) is 7.53. The second-order valence-corrected chi connectivity index (χ2v) is 5.77. The molecule has 0 aromatic heterocycles. The molecule has 1 aromatic carbocycles. The van der Waals surface area contributed by atoms with E-state index in [0.29, 0.717) is 12.5 Å². The molecule has 0 radical (unpaired) electrons. The summed E-state index contributed by atoms with van der Waals surface area (Å²) in [5.74, 6) is 0.252. The van der Waals surface area contributed by atoms with Gasteiger partial charge in [0.2, 0.25) is 0 Å². The van der Waals surface area contributed by atoms with E-state index in [1.165, 1.54) is 12.8 Å². The highest BCUT2D eigenvalue weighted by Crippen LogP contribution is 2.21. The number of carbonyl (C=O) groups excluding carboxylic acids is 1. The zero-order valence-electron chi connectivity index (χ0n) is 12.5. The zero-order valence-corrected chi connectivity index (χ0v) is 12.5. The minimum Gasteiger partial charge on any atom is -0.300 e. The maximum Gasteiger partial charge on any atom is 0.269 e. The maximum atomic E-state index is 11.3. The van der Waals surface area contributed by atoms with Crippen molar-refractivity contribution in [3.8, 4) is 0 Å². The van der Waals surface area contributed by atoms with Crippen molar-refractivity contribution in [2.45, 2.75) is 45.1 Å². The molecule has 1 aliphatic heterocycles. The van der Waals surface area contributed by atoms with E-state index < -0.39 is 0 Å². The standard InChI is InChI=1S/C16H22N2O3/c1-13(19)12-16-4-2-3-10-17(16)11-9-14-5-7-15(8-6-14)18(20)21/h5-8,16H,2-4,9-12H2,1H3. The van der Waals surface area contributed by atoms with Gasteiger partial charge in [-0.25, -0.2) is 0 Å². The molecule has 5 nitrogen and oxygen atoms in total. The number of rotatable bonds is 6. The number of ketones is 1. The van der Waals surface area contributed by atoms with Crippen molar-refractivity contribution < 1.29 is 9.72 Å². The lowest BCUT2D eigenvalue weighted by molar-refractivity contribution is -0.384. The smallest absolute Gasteiger partial charge is 0.269 e. The lowest BCUT2D eigenvalue weighted by Crippen LogP contribution is -2.41. The zero-order chi connectivity index (χ0) is 15.2. The van der Waals surface area contributed by atoms with Crippen molar-refractivity contribution in [3.05, 3.63) is 39.9 Å². The number of likely N-dealkylation sites (tertiary alicyclic amines) is 1. The Hall–Kier alpha value is -1.75. The Morgan fingerprint density at radius 1 is 1.33 bits per heavy atom. The second-order valence-electron chi connectivity index (χ2n) is 5.77. The fourth-order valence-corrected chi connectivity index (χ4v) is 2.97. The van der Waals surface area contributed by atoms with Crippen molar-refractivity contribution in [1.82, 2.24) is 4.90 Å². The summed E-state index contributed by atoms with van der Waals surface area (Å²) in [6.07, 6.45) is 4.99. The molecule has 1 saturated heterocycles. The predicted octanol–water partition coefficient (Wildman–Crippen LogP) is 2.97. The summed E-state index contributed by atoms with van der Waals surface area (Å²) in [5.41, 5.74) is 1.24. The summed E-state index contributed by atoms with van der Waals surface area (Å²) >= 11 is 0. The molecule has 2 rings (SSSR count). The summed E-state index contributed by atoms with van der Waals surface area (Å²) in [6.45, 7) is 3.61. The summed E-state index contributed by atoms with van der Waals surface area (Å²) in [6, 6.07) is 7.12. The number of piperidine rings is 1. The van der Waals surface area contributed by atoms with Crippen LogP contribution < -0.4 is 0 Å². The van der Waals surface area contributed by atoms with Crippen molar-refractivity contribution in [2.75, 3.05) is 13.1 Å². The van der Waals surface area contributed by atoms with E-state index in [0.717, 1.165) is 31.5 Å². The van der Waals surface area contributed by atoms with E-state index in [1.54, 1.807) is 19.1 Å². The average Bonchev–Trinajstić information content (AvgIpc) is 2.46. The fraction of sp³-hybridized carbons (Fsp3) is 0.562. The minimum absolute atomic E-state index is 0.131. The number of nitrogens with zero attached hydrogens (tertiary/aromatic N) is 2. The Morgan fingerprint density at radius 2 is 2.05 bits per heavy atom. The van der Waals surface area contributed by atoms with Crippen LogP contribution in [0.3, 0.4) is 0 Å². The summed E-state index contributed by atoms with van der Waals surface area (Å²) in [5, 5.41) is 10.6. The minimum atomic E-state index is -0.378. The van der Waals surface area contributed by atoms with Crippen LogP contribution in [-0.2, 0) is 11.2 Å². The van der Waals surface area contributed by atoms with Crippen LogP contribution in [0, 0.1) is 10.1 Å². The van der Waals surface area contributed by atoms with E-state index in [9.17, 15) is 14.9 Å². The quantitative estimate of drug-likeness (QED) is 0.597. The molecule has 0 bridgehead atoms. The van der Waals surface area contributed by atoms with Crippen molar-refractivity contribution >= 4 is 11.5 Å². The number of nitro benzene ring substituents is 1. The van der Waals surface area contributed by atoms with Crippen molar-refractivity contribution in [1.29, 1.82) is 0 Å². The number of nitro groups is 1. The highest BCUT2D eigenvalue weighted by molar-refractivity contribution is 5.76. The highest BCUT2D eigenvalue weighted by atomic mass is 16.6. The van der Waals surface area contributed by atoms with Crippen LogP contribution in [0.1, 0.15) is 38.2 Å². The molecule has 21 heavy (non-hydrogen) atoms. The van der Waals surface area contributed by atoms with Crippen LogP contribution in [0.25, 0.3) is 0 Å². The third kappa shape index (κ3) is 4.63. The van der Waals surface area contributed by atoms with E-state index in [-0.39, 0.29) is 16.4 Å². The Bertz CT molecular complexity index is 499. The molecule has 5 heteroatoms. The van der Waals surface area contributed by atoms with E-state index in [2.05, 4.69) is 4.90 Å². The Kier molecular flexibility index (Phi) is 5.44. The first-order valence-electron chi connectivity index (χ1n) is 7.53. The lowest BCUT2D eigenvalue weighted by Gasteiger charge is -2.35. The average molecular weight is 290 g/mol. The van der Waals surface area contributed by atoms with Gasteiger partial charge in [0.1, 0.15) is 5.78 Å². The second kappa shape index (κ2) is 7.31. The number of Topliss-reactive ketones (excluding diaryl/α,β-unsaturated/α-hetero) is 1. The topological polar surface area (TPSA) is 63.5 Å². The third-order valence-electron chi connectivity index (χ3n) is 4.11. The number of non-ortho nitro benzene ring substituents is 1. The number of hydrogen-bond acceptors (Lipinski definition) is 4. The molecular formula is C16H22N2O3. The lowest BCUT2D eigenvalue weighted by atomic mass is 9.97. The highest BCUT2D eigenvalue weighted by Gasteiger charge is 2.23. The molecule has 0 N–H and O–H groups in total. The Balaban J connectivity index is 1.90. The third-order valence-corrected chi connectivity index (χ3v) is 4.11. The number of hydrogen-bond donors (Lipinski definition) is 0. The molecule has 1 unspecified atom stereocenters. The van der Waals surface area contributed by atoms with Gasteiger partial charge in [0, 0.05) is 31.1 Å². The molecule has 114 valence electrons. The summed E-state index contributed by atoms with van der Waals surface area (Å²) in [4.78, 5) is 24.0. The van der Waals surface area contributed by atoms with Crippen LogP contribution in [0.5, 0.6) is 0 Å². The summed E-state index contributed by atoms with van der Waals surface area (Å²) in [7, 11) is 0. The van der Waals surface area contributed by atoms with Crippen LogP contribution in [0.2, 0.25) is 0 Å². The molecule has 1 aliphatic rings. The van der Waals surface area contributed by atoms with Crippen LogP contribution in [0.15, 0.2) is 24.3 Å². The van der Waals surface area contributed by atoms with Gasteiger partial charge in [-0.15, -0.1) is 0 Å². The number of benzene rings is 1. The van der Waals surface area contributed by atoms with Crippen LogP contribution >= 0.6 is 0 Å². The van der Waals surface area contributed by atoms with Gasteiger partial charge in [0.05, 0.1) is 4.92 Å². The largest absolute Gasteiger partial charge is 0.300 e. The van der Waals surface area contributed by atoms with Gasteiger partial charge in [-0.3, -0.25) is 19.8 Å². The Labute approximate surface area is 125 Å². The van der Waals surface area contributed by atoms with Crippen LogP contribution in [0.4, 0.5) is 5.69 Å². The van der Waals surface area contributed by atoms with Crippen molar-refractivity contribution in [2.24, 2.45) is 0 Å². The molecule has 1 fully saturated rings. The molecule has 0 aliphatic carbocycles. The maximum absolute atomic E-state index is 11.3. The van der Waals surface area contributed by atoms with Gasteiger partial charge in [-0.2, -0.15) is 0 Å². The van der Waals surface area contributed by atoms with Gasteiger partial charge < -0.3 is 0 Å². The number of carbonyl (C=O) groups is 1. The normalized spacial score (nSPS) is 19.4.